The fraction of sp³-hybridized carbons (Fsp3) is 0.125. The smallest absolute Gasteiger partial charge is 0.433 e. The van der Waals surface area contributed by atoms with Gasteiger partial charge in [-0.15, -0.1) is 11.3 Å². The predicted octanol–water partition coefficient (Wildman–Crippen LogP) is 3.59. The summed E-state index contributed by atoms with van der Waals surface area (Å²) in [6.45, 7) is 0. The molecule has 2 N–H and O–H groups in total. The number of nitrogens with zero attached hydrogens (tertiary/aromatic N) is 2. The predicted molar refractivity (Wildman–Crippen MR) is 90.4 cm³/mol. The zero-order chi connectivity index (χ0) is 19.6. The summed E-state index contributed by atoms with van der Waals surface area (Å²) in [6.07, 6.45) is -2.18. The van der Waals surface area contributed by atoms with Crippen molar-refractivity contribution in [1.29, 1.82) is 0 Å². The van der Waals surface area contributed by atoms with Gasteiger partial charge in [0.05, 0.1) is 12.8 Å². The molecule has 0 aliphatic heterocycles. The van der Waals surface area contributed by atoms with Crippen LogP contribution in [0.5, 0.6) is 0 Å². The minimum Gasteiger partial charge on any atom is -0.464 e. The highest BCUT2D eigenvalue weighted by atomic mass is 32.1. The minimum absolute atomic E-state index is 0.191. The summed E-state index contributed by atoms with van der Waals surface area (Å²) in [6, 6.07) is 3.37. The van der Waals surface area contributed by atoms with Gasteiger partial charge in [0.25, 0.3) is 5.91 Å². The van der Waals surface area contributed by atoms with Crippen LogP contribution in [0.15, 0.2) is 36.0 Å². The number of carbonyl (C=O) groups excluding carboxylic acids is 2. The molecule has 0 bridgehead atoms. The number of hydrogen-bond donors (Lipinski definition) is 2. The topological polar surface area (TPSA) is 97.0 Å². The largest absolute Gasteiger partial charge is 0.464 e. The molecule has 140 valence electrons. The molecule has 11 heteroatoms. The minimum atomic E-state index is -4.64. The quantitative estimate of drug-likeness (QED) is 0.657. The molecule has 1 amide bonds. The molecule has 0 spiro atoms. The first kappa shape index (κ1) is 18.6. The molecule has 3 heterocycles. The normalized spacial score (nSPS) is 11.3. The SMILES string of the molecule is COC(=O)c1cc(-c2csc(NC(=O)c3ccnc(C(F)(F)F)c3)n2)c[nH]1. The first-order valence-corrected chi connectivity index (χ1v) is 8.23. The fourth-order valence-electron chi connectivity index (χ4n) is 2.13. The van der Waals surface area contributed by atoms with Gasteiger partial charge >= 0.3 is 12.1 Å². The number of methoxy groups -OCH3 is 1. The number of amides is 1. The van der Waals surface area contributed by atoms with E-state index in [0.29, 0.717) is 17.3 Å². The zero-order valence-corrected chi connectivity index (χ0v) is 14.4. The van der Waals surface area contributed by atoms with Gasteiger partial charge in [-0.25, -0.2) is 9.78 Å². The summed E-state index contributed by atoms with van der Waals surface area (Å²) < 4.78 is 42.7. The van der Waals surface area contributed by atoms with Crippen LogP contribution in [0.25, 0.3) is 11.3 Å². The van der Waals surface area contributed by atoms with Crippen molar-refractivity contribution in [3.63, 3.8) is 0 Å². The van der Waals surface area contributed by atoms with Crippen molar-refractivity contribution < 1.29 is 27.5 Å². The average molecular weight is 396 g/mol. The number of carbonyl (C=O) groups is 2. The molecule has 0 aromatic carbocycles. The maximum atomic E-state index is 12.7. The average Bonchev–Trinajstić information content (AvgIpc) is 3.29. The van der Waals surface area contributed by atoms with Crippen molar-refractivity contribution >= 4 is 28.3 Å². The standard InChI is InChI=1S/C16H11F3N4O3S/c1-26-14(25)10-4-9(6-21-10)11-7-27-15(22-11)23-13(24)8-2-3-20-12(5-8)16(17,18)19/h2-7,21H,1H3,(H,22,23,24). The first-order valence-electron chi connectivity index (χ1n) is 7.35. The van der Waals surface area contributed by atoms with Crippen LogP contribution in [0, 0.1) is 0 Å². The number of anilines is 1. The highest BCUT2D eigenvalue weighted by molar-refractivity contribution is 7.14. The lowest BCUT2D eigenvalue weighted by Gasteiger charge is -2.07. The van der Waals surface area contributed by atoms with Gasteiger partial charge in [-0.1, -0.05) is 0 Å². The van der Waals surface area contributed by atoms with E-state index in [1.165, 1.54) is 19.2 Å². The number of alkyl halides is 3. The number of ether oxygens (including phenoxy) is 1. The van der Waals surface area contributed by atoms with Gasteiger partial charge in [0.2, 0.25) is 0 Å². The molecule has 0 aliphatic rings. The second-order valence-electron chi connectivity index (χ2n) is 5.21. The van der Waals surface area contributed by atoms with E-state index in [1.54, 1.807) is 11.6 Å². The maximum Gasteiger partial charge on any atom is 0.433 e. The number of aromatic nitrogens is 3. The lowest BCUT2D eigenvalue weighted by Crippen LogP contribution is -2.15. The third-order valence-electron chi connectivity index (χ3n) is 3.42. The Morgan fingerprint density at radius 1 is 1.30 bits per heavy atom. The van der Waals surface area contributed by atoms with Crippen molar-refractivity contribution in [2.24, 2.45) is 0 Å². The summed E-state index contributed by atoms with van der Waals surface area (Å²) >= 11 is 1.09. The summed E-state index contributed by atoms with van der Waals surface area (Å²) in [4.78, 5) is 33.8. The van der Waals surface area contributed by atoms with Crippen molar-refractivity contribution in [1.82, 2.24) is 15.0 Å². The number of nitrogens with one attached hydrogen (secondary N) is 2. The molecule has 0 radical (unpaired) electrons. The number of H-pyrrole nitrogens is 1. The van der Waals surface area contributed by atoms with Crippen LogP contribution in [-0.4, -0.2) is 33.9 Å². The van der Waals surface area contributed by atoms with Crippen molar-refractivity contribution in [3.8, 4) is 11.3 Å². The Morgan fingerprint density at radius 2 is 2.07 bits per heavy atom. The Labute approximate surface area is 154 Å². The van der Waals surface area contributed by atoms with Gasteiger partial charge in [0, 0.05) is 28.9 Å². The first-order chi connectivity index (χ1) is 12.8. The Kier molecular flexibility index (Phi) is 4.95. The third-order valence-corrected chi connectivity index (χ3v) is 4.18. The molecule has 0 saturated heterocycles. The molecule has 0 atom stereocenters. The molecule has 0 unspecified atom stereocenters. The lowest BCUT2D eigenvalue weighted by atomic mass is 10.2. The van der Waals surface area contributed by atoms with E-state index in [0.717, 1.165) is 17.5 Å². The highest BCUT2D eigenvalue weighted by Gasteiger charge is 2.33. The maximum absolute atomic E-state index is 12.7. The Balaban J connectivity index is 1.75. The summed E-state index contributed by atoms with van der Waals surface area (Å²) in [5, 5.41) is 4.27. The van der Waals surface area contributed by atoms with E-state index in [-0.39, 0.29) is 16.4 Å². The molecule has 3 aromatic heterocycles. The molecular weight excluding hydrogens is 385 g/mol. The number of halogens is 3. The Morgan fingerprint density at radius 3 is 2.78 bits per heavy atom. The van der Waals surface area contributed by atoms with E-state index >= 15 is 0 Å². The second-order valence-corrected chi connectivity index (χ2v) is 6.07. The second kappa shape index (κ2) is 7.19. The summed E-state index contributed by atoms with van der Waals surface area (Å²) in [5.74, 6) is -1.28. The van der Waals surface area contributed by atoms with E-state index in [1.807, 2.05) is 0 Å². The van der Waals surface area contributed by atoms with Gasteiger partial charge in [0.15, 0.2) is 5.13 Å². The van der Waals surface area contributed by atoms with Crippen LogP contribution in [0.2, 0.25) is 0 Å². The molecule has 7 nitrogen and oxygen atoms in total. The number of hydrogen-bond acceptors (Lipinski definition) is 6. The van der Waals surface area contributed by atoms with Gasteiger partial charge in [-0.05, 0) is 18.2 Å². The van der Waals surface area contributed by atoms with Crippen molar-refractivity contribution in [3.05, 3.63) is 52.9 Å². The van der Waals surface area contributed by atoms with E-state index < -0.39 is 23.7 Å². The number of esters is 1. The monoisotopic (exact) mass is 396 g/mol. The lowest BCUT2D eigenvalue weighted by molar-refractivity contribution is -0.141. The van der Waals surface area contributed by atoms with Crippen molar-refractivity contribution in [2.45, 2.75) is 6.18 Å². The van der Waals surface area contributed by atoms with Crippen LogP contribution < -0.4 is 5.32 Å². The molecule has 0 aliphatic carbocycles. The molecular formula is C16H11F3N4O3S. The fourth-order valence-corrected chi connectivity index (χ4v) is 2.84. The van der Waals surface area contributed by atoms with Gasteiger partial charge in [-0.2, -0.15) is 13.2 Å². The van der Waals surface area contributed by atoms with Crippen LogP contribution in [-0.2, 0) is 10.9 Å². The zero-order valence-electron chi connectivity index (χ0n) is 13.6. The van der Waals surface area contributed by atoms with Gasteiger partial charge in [0.1, 0.15) is 11.4 Å². The Hall–Kier alpha value is -3.21. The van der Waals surface area contributed by atoms with E-state index in [9.17, 15) is 22.8 Å². The van der Waals surface area contributed by atoms with Crippen LogP contribution in [0.4, 0.5) is 18.3 Å². The molecule has 3 rings (SSSR count). The summed E-state index contributed by atoms with van der Waals surface area (Å²) in [5.41, 5.74) is -0.0354. The number of rotatable bonds is 4. The molecule has 0 saturated carbocycles. The molecule has 27 heavy (non-hydrogen) atoms. The summed E-state index contributed by atoms with van der Waals surface area (Å²) in [7, 11) is 1.25. The molecule has 3 aromatic rings. The number of thiazole rings is 1. The van der Waals surface area contributed by atoms with Crippen LogP contribution >= 0.6 is 11.3 Å². The van der Waals surface area contributed by atoms with Crippen LogP contribution in [0.3, 0.4) is 0 Å². The van der Waals surface area contributed by atoms with E-state index in [2.05, 4.69) is 25.0 Å². The number of aromatic amines is 1. The number of pyridine rings is 1. The van der Waals surface area contributed by atoms with Gasteiger partial charge < -0.3 is 9.72 Å². The third kappa shape index (κ3) is 4.14. The molecule has 0 fully saturated rings. The van der Waals surface area contributed by atoms with Crippen molar-refractivity contribution in [2.75, 3.05) is 12.4 Å². The Bertz CT molecular complexity index is 997. The van der Waals surface area contributed by atoms with Crippen LogP contribution in [0.1, 0.15) is 26.5 Å². The highest BCUT2D eigenvalue weighted by Crippen LogP contribution is 2.29. The van der Waals surface area contributed by atoms with E-state index in [4.69, 9.17) is 0 Å². The van der Waals surface area contributed by atoms with Gasteiger partial charge in [-0.3, -0.25) is 15.1 Å².